The van der Waals surface area contributed by atoms with Crippen LogP contribution in [-0.4, -0.2) is 94.1 Å². The number of hydrogen-bond donors (Lipinski definition) is 6. The molecular weight excluding hydrogens is 310 g/mol. The average Bonchev–Trinajstić information content (AvgIpc) is 2.40. The Morgan fingerprint density at radius 1 is 1.22 bits per heavy atom. The zero-order valence-corrected chi connectivity index (χ0v) is 12.8. The summed E-state index contributed by atoms with van der Waals surface area (Å²) in [5.41, 5.74) is 0. The molecular formula is C13H23N3O7. The molecule has 0 aromatic rings. The minimum atomic E-state index is -1.30. The van der Waals surface area contributed by atoms with Gasteiger partial charge in [-0.25, -0.2) is 0 Å². The van der Waals surface area contributed by atoms with E-state index in [1.54, 1.807) is 4.90 Å². The lowest BCUT2D eigenvalue weighted by Gasteiger charge is -2.38. The van der Waals surface area contributed by atoms with Crippen LogP contribution in [0.3, 0.4) is 0 Å². The van der Waals surface area contributed by atoms with Crippen molar-refractivity contribution in [3.8, 4) is 0 Å². The molecule has 132 valence electrons. The number of aliphatic carboxylic acids is 3. The van der Waals surface area contributed by atoms with Crippen LogP contribution in [-0.2, 0) is 14.4 Å². The molecule has 10 heteroatoms. The van der Waals surface area contributed by atoms with Gasteiger partial charge in [0.2, 0.25) is 0 Å². The molecule has 0 aromatic carbocycles. The zero-order valence-electron chi connectivity index (χ0n) is 12.8. The Morgan fingerprint density at radius 2 is 1.87 bits per heavy atom. The molecule has 0 bridgehead atoms. The van der Waals surface area contributed by atoms with Crippen molar-refractivity contribution in [2.75, 3.05) is 26.7 Å². The molecule has 1 fully saturated rings. The number of nitrogens with one attached hydrogen (secondary N) is 2. The van der Waals surface area contributed by atoms with E-state index in [1.165, 1.54) is 7.05 Å². The summed E-state index contributed by atoms with van der Waals surface area (Å²) < 4.78 is 0. The van der Waals surface area contributed by atoms with E-state index in [-0.39, 0.29) is 13.0 Å². The Bertz CT molecular complexity index is 445. The lowest BCUT2D eigenvalue weighted by Crippen LogP contribution is -2.55. The maximum atomic E-state index is 11.2. The molecule has 1 saturated heterocycles. The first-order valence-corrected chi connectivity index (χ1v) is 7.29. The maximum absolute atomic E-state index is 11.2. The van der Waals surface area contributed by atoms with E-state index in [0.717, 1.165) is 0 Å². The van der Waals surface area contributed by atoms with E-state index in [9.17, 15) is 19.5 Å². The molecule has 1 rings (SSSR count). The van der Waals surface area contributed by atoms with Crippen LogP contribution in [0.4, 0.5) is 0 Å². The number of rotatable bonds is 11. The number of likely N-dealkylation sites (N-methyl/N-ethyl adjacent to an activating group) is 1. The smallest absolute Gasteiger partial charge is 0.323 e. The van der Waals surface area contributed by atoms with Crippen LogP contribution >= 0.6 is 0 Å². The predicted octanol–water partition coefficient (Wildman–Crippen LogP) is -2.39. The van der Waals surface area contributed by atoms with Crippen molar-refractivity contribution in [3.05, 3.63) is 0 Å². The van der Waals surface area contributed by atoms with E-state index in [2.05, 4.69) is 10.6 Å². The first kappa shape index (κ1) is 19.3. The summed E-state index contributed by atoms with van der Waals surface area (Å²) in [6.07, 6.45) is -0.597. The molecule has 0 amide bonds. The second-order valence-electron chi connectivity index (χ2n) is 5.44. The Morgan fingerprint density at radius 3 is 2.26 bits per heavy atom. The lowest BCUT2D eigenvalue weighted by molar-refractivity contribution is -0.148. The molecule has 4 atom stereocenters. The Hall–Kier alpha value is -1.75. The van der Waals surface area contributed by atoms with E-state index >= 15 is 0 Å². The highest BCUT2D eigenvalue weighted by Gasteiger charge is 2.34. The third-order valence-electron chi connectivity index (χ3n) is 3.95. The number of hydrogen-bond acceptors (Lipinski definition) is 7. The molecule has 23 heavy (non-hydrogen) atoms. The number of nitrogens with zero attached hydrogens (tertiary/aromatic N) is 1. The second kappa shape index (κ2) is 8.77. The number of carboxylic acid groups (broad SMARTS) is 3. The van der Waals surface area contributed by atoms with Crippen LogP contribution < -0.4 is 10.6 Å². The summed E-state index contributed by atoms with van der Waals surface area (Å²) in [5, 5.41) is 41.8. The van der Waals surface area contributed by atoms with Crippen LogP contribution in [0.5, 0.6) is 0 Å². The predicted molar refractivity (Wildman–Crippen MR) is 78.1 cm³/mol. The molecule has 0 aliphatic carbocycles. The average molecular weight is 333 g/mol. The van der Waals surface area contributed by atoms with Crippen LogP contribution in [0, 0.1) is 0 Å². The van der Waals surface area contributed by atoms with Gasteiger partial charge in [0, 0.05) is 19.6 Å². The van der Waals surface area contributed by atoms with Gasteiger partial charge in [-0.1, -0.05) is 0 Å². The van der Waals surface area contributed by atoms with Gasteiger partial charge in [-0.15, -0.1) is 0 Å². The molecule has 0 radical (unpaired) electrons. The second-order valence-corrected chi connectivity index (χ2v) is 5.44. The highest BCUT2D eigenvalue weighted by atomic mass is 16.4. The highest BCUT2D eigenvalue weighted by molar-refractivity contribution is 5.75. The number of aliphatic hydroxyl groups is 1. The first-order valence-electron chi connectivity index (χ1n) is 7.29. The highest BCUT2D eigenvalue weighted by Crippen LogP contribution is 2.18. The van der Waals surface area contributed by atoms with E-state index in [0.29, 0.717) is 19.5 Å². The Balaban J connectivity index is 2.45. The lowest BCUT2D eigenvalue weighted by atomic mass is 10.0. The third kappa shape index (κ3) is 5.43. The minimum Gasteiger partial charge on any atom is -0.480 e. The van der Waals surface area contributed by atoms with Crippen molar-refractivity contribution in [1.82, 2.24) is 15.5 Å². The first-order chi connectivity index (χ1) is 10.8. The molecule has 0 aromatic heterocycles. The summed E-state index contributed by atoms with van der Waals surface area (Å²) in [4.78, 5) is 34.7. The van der Waals surface area contributed by atoms with E-state index < -0.39 is 42.1 Å². The van der Waals surface area contributed by atoms with Crippen molar-refractivity contribution in [3.63, 3.8) is 0 Å². The van der Waals surface area contributed by atoms with Crippen LogP contribution in [0.15, 0.2) is 0 Å². The third-order valence-corrected chi connectivity index (χ3v) is 3.95. The molecule has 1 unspecified atom stereocenters. The van der Waals surface area contributed by atoms with Gasteiger partial charge in [-0.2, -0.15) is 0 Å². The molecule has 0 spiro atoms. The van der Waals surface area contributed by atoms with Gasteiger partial charge in [-0.3, -0.25) is 19.3 Å². The summed E-state index contributed by atoms with van der Waals surface area (Å²) in [7, 11) is 1.38. The SMILES string of the molecule is CN[C@H](C(=O)O)C(O)CN[C@@H](CCN1CC[C@H]1C(=O)O)C(=O)O. The minimum absolute atomic E-state index is 0.156. The van der Waals surface area contributed by atoms with E-state index in [1.807, 2.05) is 0 Å². The number of carboxylic acids is 3. The van der Waals surface area contributed by atoms with Gasteiger partial charge in [-0.05, 0) is 19.9 Å². The fourth-order valence-electron chi connectivity index (χ4n) is 2.46. The fourth-order valence-corrected chi connectivity index (χ4v) is 2.46. The van der Waals surface area contributed by atoms with Gasteiger partial charge in [0.05, 0.1) is 6.10 Å². The summed E-state index contributed by atoms with van der Waals surface area (Å²) in [6, 6.07) is -2.77. The van der Waals surface area contributed by atoms with Crippen molar-refractivity contribution in [2.45, 2.75) is 37.1 Å². The van der Waals surface area contributed by atoms with Crippen molar-refractivity contribution < 1.29 is 34.8 Å². The van der Waals surface area contributed by atoms with Crippen LogP contribution in [0.1, 0.15) is 12.8 Å². The van der Waals surface area contributed by atoms with Crippen molar-refractivity contribution in [2.24, 2.45) is 0 Å². The zero-order chi connectivity index (χ0) is 17.6. The molecule has 1 aliphatic heterocycles. The largest absolute Gasteiger partial charge is 0.480 e. The van der Waals surface area contributed by atoms with Gasteiger partial charge < -0.3 is 31.1 Å². The number of carbonyl (C=O) groups is 3. The van der Waals surface area contributed by atoms with Crippen LogP contribution in [0.2, 0.25) is 0 Å². The number of likely N-dealkylation sites (tertiary alicyclic amines) is 1. The standard InChI is InChI=1S/C13H23N3O7/c1-14-10(13(22)23)9(17)6-15-7(11(18)19)2-4-16-5-3-8(16)12(20)21/h7-10,14-15,17H,2-6H2,1H3,(H,18,19)(H,20,21)(H,22,23)/t7-,8-,9?,10-/m0/s1. The fraction of sp³-hybridized carbons (Fsp3) is 0.769. The van der Waals surface area contributed by atoms with Gasteiger partial charge in [0.1, 0.15) is 18.1 Å². The summed E-state index contributed by atoms with van der Waals surface area (Å²) in [6.45, 7) is 0.690. The van der Waals surface area contributed by atoms with Crippen LogP contribution in [0.25, 0.3) is 0 Å². The molecule has 1 heterocycles. The van der Waals surface area contributed by atoms with Gasteiger partial charge in [0.25, 0.3) is 0 Å². The van der Waals surface area contributed by atoms with Gasteiger partial charge in [0.15, 0.2) is 0 Å². The molecule has 0 saturated carbocycles. The van der Waals surface area contributed by atoms with Gasteiger partial charge >= 0.3 is 17.9 Å². The monoisotopic (exact) mass is 333 g/mol. The van der Waals surface area contributed by atoms with E-state index in [4.69, 9.17) is 15.3 Å². The Kier molecular flexibility index (Phi) is 7.36. The Labute approximate surface area is 133 Å². The topological polar surface area (TPSA) is 159 Å². The normalized spacial score (nSPS) is 21.9. The maximum Gasteiger partial charge on any atom is 0.323 e. The quantitative estimate of drug-likeness (QED) is 0.241. The number of aliphatic hydroxyl groups excluding tert-OH is 1. The van der Waals surface area contributed by atoms with Crippen molar-refractivity contribution >= 4 is 17.9 Å². The summed E-state index contributed by atoms with van der Waals surface area (Å²) >= 11 is 0. The van der Waals surface area contributed by atoms with Crippen molar-refractivity contribution in [1.29, 1.82) is 0 Å². The molecule has 6 N–H and O–H groups in total. The molecule has 1 aliphatic rings. The summed E-state index contributed by atoms with van der Waals surface area (Å²) in [5.74, 6) is -3.30. The molecule has 10 nitrogen and oxygen atoms in total.